The first-order valence-electron chi connectivity index (χ1n) is 8.04. The van der Waals surface area contributed by atoms with Crippen molar-refractivity contribution >= 4 is 29.9 Å². The molecule has 2 atom stereocenters. The molecule has 0 amide bonds. The molecule has 3 heterocycles. The molecule has 6 nitrogen and oxygen atoms in total. The molecule has 3 aliphatic rings. The van der Waals surface area contributed by atoms with Gasteiger partial charge in [-0.15, -0.1) is 24.0 Å². The third-order valence-corrected chi connectivity index (χ3v) is 4.96. The van der Waals surface area contributed by atoms with Crippen LogP contribution in [0.3, 0.4) is 0 Å². The van der Waals surface area contributed by atoms with Crippen molar-refractivity contribution in [2.45, 2.75) is 18.9 Å². The second-order valence-corrected chi connectivity index (χ2v) is 6.66. The highest BCUT2D eigenvalue weighted by Crippen LogP contribution is 2.38. The van der Waals surface area contributed by atoms with Crippen molar-refractivity contribution in [3.63, 3.8) is 0 Å². The maximum Gasteiger partial charge on any atom is 0.193 e. The predicted octanol–water partition coefficient (Wildman–Crippen LogP) is 0.623. The minimum atomic E-state index is 0. The van der Waals surface area contributed by atoms with Crippen LogP contribution in [-0.2, 0) is 9.47 Å². The van der Waals surface area contributed by atoms with E-state index >= 15 is 0 Å². The number of ether oxygens (including phenoxy) is 2. The molecule has 0 saturated carbocycles. The summed E-state index contributed by atoms with van der Waals surface area (Å²) >= 11 is 0. The van der Waals surface area contributed by atoms with Crippen LogP contribution in [0, 0.1) is 5.41 Å². The summed E-state index contributed by atoms with van der Waals surface area (Å²) in [5.74, 6) is 1.01. The number of likely N-dealkylation sites (tertiary alicyclic amines) is 1. The number of guanidine groups is 1. The Hall–Kier alpha value is -0.120. The van der Waals surface area contributed by atoms with Gasteiger partial charge in [0.1, 0.15) is 0 Å². The van der Waals surface area contributed by atoms with Crippen LogP contribution in [0.1, 0.15) is 12.8 Å². The molecule has 1 spiro atoms. The summed E-state index contributed by atoms with van der Waals surface area (Å²) in [7, 11) is 4.01. The number of morpholine rings is 1. The predicted molar refractivity (Wildman–Crippen MR) is 98.1 cm³/mol. The van der Waals surface area contributed by atoms with Gasteiger partial charge >= 0.3 is 0 Å². The fourth-order valence-corrected chi connectivity index (χ4v) is 3.61. The van der Waals surface area contributed by atoms with Crippen molar-refractivity contribution in [1.29, 1.82) is 0 Å². The Morgan fingerprint density at radius 3 is 2.86 bits per heavy atom. The molecule has 3 rings (SSSR count). The standard InChI is InChI=1S/C15H28N4O2.HI/c1-16-14(17-9-13-10-18(2)6-8-21-13)19-5-3-15(11-19)4-7-20-12-15;/h13H,3-12H2,1-2H3,(H,16,17);1H. The lowest BCUT2D eigenvalue weighted by atomic mass is 9.87. The third kappa shape index (κ3) is 4.24. The summed E-state index contributed by atoms with van der Waals surface area (Å²) < 4.78 is 11.4. The summed E-state index contributed by atoms with van der Waals surface area (Å²) in [6.07, 6.45) is 2.67. The monoisotopic (exact) mass is 424 g/mol. The van der Waals surface area contributed by atoms with Gasteiger partial charge < -0.3 is 24.6 Å². The molecule has 3 fully saturated rings. The SMILES string of the molecule is CN=C(NCC1CN(C)CCO1)N1CCC2(CCOC2)C1.I. The molecular formula is C15H29IN4O2. The lowest BCUT2D eigenvalue weighted by Gasteiger charge is -2.31. The normalized spacial score (nSPS) is 33.3. The first-order chi connectivity index (χ1) is 10.2. The van der Waals surface area contributed by atoms with E-state index in [1.165, 1.54) is 12.8 Å². The molecule has 0 bridgehead atoms. The van der Waals surface area contributed by atoms with E-state index in [0.717, 1.165) is 58.5 Å². The van der Waals surface area contributed by atoms with Gasteiger partial charge in [-0.1, -0.05) is 0 Å². The summed E-state index contributed by atoms with van der Waals surface area (Å²) in [5, 5.41) is 3.49. The number of nitrogens with zero attached hydrogens (tertiary/aromatic N) is 3. The molecule has 7 heteroatoms. The van der Waals surface area contributed by atoms with Gasteiger partial charge in [0.05, 0.1) is 19.3 Å². The Morgan fingerprint density at radius 1 is 1.32 bits per heavy atom. The van der Waals surface area contributed by atoms with Crippen molar-refractivity contribution in [2.24, 2.45) is 10.4 Å². The van der Waals surface area contributed by atoms with Crippen LogP contribution in [0.5, 0.6) is 0 Å². The van der Waals surface area contributed by atoms with Gasteiger partial charge in [-0.2, -0.15) is 0 Å². The number of aliphatic imine (C=N–C) groups is 1. The fourth-order valence-electron chi connectivity index (χ4n) is 3.61. The highest BCUT2D eigenvalue weighted by molar-refractivity contribution is 14.0. The lowest BCUT2D eigenvalue weighted by Crippen LogP contribution is -2.49. The minimum absolute atomic E-state index is 0. The Morgan fingerprint density at radius 2 is 2.18 bits per heavy atom. The maximum absolute atomic E-state index is 5.80. The molecule has 22 heavy (non-hydrogen) atoms. The zero-order valence-corrected chi connectivity index (χ0v) is 16.0. The number of hydrogen-bond donors (Lipinski definition) is 1. The van der Waals surface area contributed by atoms with Gasteiger partial charge in [0.2, 0.25) is 0 Å². The average molecular weight is 424 g/mol. The van der Waals surface area contributed by atoms with Gasteiger partial charge in [0.25, 0.3) is 0 Å². The summed E-state index contributed by atoms with van der Waals surface area (Å²) in [5.41, 5.74) is 0.374. The van der Waals surface area contributed by atoms with Gasteiger partial charge in [0.15, 0.2) is 5.96 Å². The maximum atomic E-state index is 5.80. The number of rotatable bonds is 2. The van der Waals surface area contributed by atoms with Crippen molar-refractivity contribution in [3.05, 3.63) is 0 Å². The van der Waals surface area contributed by atoms with E-state index < -0.39 is 0 Å². The lowest BCUT2D eigenvalue weighted by molar-refractivity contribution is -0.0163. The van der Waals surface area contributed by atoms with Crippen molar-refractivity contribution in [3.8, 4) is 0 Å². The van der Waals surface area contributed by atoms with Crippen molar-refractivity contribution in [1.82, 2.24) is 15.1 Å². The average Bonchev–Trinajstić information content (AvgIpc) is 3.11. The first kappa shape index (κ1) is 18.2. The highest BCUT2D eigenvalue weighted by Gasteiger charge is 2.42. The Kier molecular flexibility index (Phi) is 6.73. The van der Waals surface area contributed by atoms with Crippen LogP contribution in [0.15, 0.2) is 4.99 Å². The second-order valence-electron chi connectivity index (χ2n) is 6.66. The summed E-state index contributed by atoms with van der Waals surface area (Å²) in [4.78, 5) is 9.14. The Labute approximate surface area is 150 Å². The van der Waals surface area contributed by atoms with Gasteiger partial charge in [-0.25, -0.2) is 0 Å². The van der Waals surface area contributed by atoms with E-state index in [1.807, 2.05) is 7.05 Å². The van der Waals surface area contributed by atoms with Crippen LogP contribution in [-0.4, -0.2) is 88.5 Å². The molecule has 2 unspecified atom stereocenters. The zero-order chi connectivity index (χ0) is 14.7. The largest absolute Gasteiger partial charge is 0.381 e. The van der Waals surface area contributed by atoms with E-state index in [4.69, 9.17) is 9.47 Å². The van der Waals surface area contributed by atoms with E-state index in [1.54, 1.807) is 0 Å². The molecule has 0 aromatic rings. The van der Waals surface area contributed by atoms with Crippen molar-refractivity contribution in [2.75, 3.05) is 66.6 Å². The molecule has 0 radical (unpaired) electrons. The second kappa shape index (κ2) is 8.12. The van der Waals surface area contributed by atoms with Gasteiger partial charge in [-0.05, 0) is 19.9 Å². The summed E-state index contributed by atoms with van der Waals surface area (Å²) in [6, 6.07) is 0. The number of hydrogen-bond acceptors (Lipinski definition) is 4. The van der Waals surface area contributed by atoms with Crippen LogP contribution in [0.4, 0.5) is 0 Å². The Balaban J connectivity index is 0.00000176. The molecule has 1 N–H and O–H groups in total. The van der Waals surface area contributed by atoms with E-state index in [-0.39, 0.29) is 30.1 Å². The molecule has 128 valence electrons. The quantitative estimate of drug-likeness (QED) is 0.400. The number of likely N-dealkylation sites (N-methyl/N-ethyl adjacent to an activating group) is 1. The van der Waals surface area contributed by atoms with E-state index in [2.05, 4.69) is 27.2 Å². The topological polar surface area (TPSA) is 49.3 Å². The molecule has 3 saturated heterocycles. The van der Waals surface area contributed by atoms with E-state index in [0.29, 0.717) is 5.41 Å². The smallest absolute Gasteiger partial charge is 0.193 e. The van der Waals surface area contributed by atoms with Crippen LogP contribution in [0.25, 0.3) is 0 Å². The van der Waals surface area contributed by atoms with Gasteiger partial charge in [-0.3, -0.25) is 4.99 Å². The minimum Gasteiger partial charge on any atom is -0.381 e. The Bertz CT molecular complexity index is 388. The third-order valence-electron chi connectivity index (χ3n) is 4.96. The molecular weight excluding hydrogens is 395 g/mol. The number of halogens is 1. The summed E-state index contributed by atoms with van der Waals surface area (Å²) in [6.45, 7) is 7.65. The van der Waals surface area contributed by atoms with Crippen LogP contribution in [0.2, 0.25) is 0 Å². The van der Waals surface area contributed by atoms with Crippen molar-refractivity contribution < 1.29 is 9.47 Å². The van der Waals surface area contributed by atoms with Gasteiger partial charge in [0, 0.05) is 51.8 Å². The molecule has 0 aromatic heterocycles. The molecule has 0 aliphatic carbocycles. The van der Waals surface area contributed by atoms with Crippen LogP contribution >= 0.6 is 24.0 Å². The molecule has 0 aromatic carbocycles. The fraction of sp³-hybridized carbons (Fsp3) is 0.933. The highest BCUT2D eigenvalue weighted by atomic mass is 127. The molecule has 3 aliphatic heterocycles. The van der Waals surface area contributed by atoms with E-state index in [9.17, 15) is 0 Å². The number of nitrogens with one attached hydrogen (secondary N) is 1. The first-order valence-corrected chi connectivity index (χ1v) is 8.04. The zero-order valence-electron chi connectivity index (χ0n) is 13.7. The van der Waals surface area contributed by atoms with Crippen LogP contribution < -0.4 is 5.32 Å².